The maximum Gasteiger partial charge on any atom is 0.242 e. The van der Waals surface area contributed by atoms with Crippen LogP contribution >= 0.6 is 43.6 Å². The molecule has 0 saturated carbocycles. The summed E-state index contributed by atoms with van der Waals surface area (Å²) in [4.78, 5) is 26.9. The molecule has 0 aliphatic rings. The molecule has 1 N–H and O–H groups in total. The Morgan fingerprint density at radius 3 is 2.43 bits per heavy atom. The van der Waals surface area contributed by atoms with Gasteiger partial charge in [-0.05, 0) is 49.2 Å². The predicted molar refractivity (Wildman–Crippen MR) is 123 cm³/mol. The van der Waals surface area contributed by atoms with E-state index >= 15 is 0 Å². The molecule has 1 atom stereocenters. The fraction of sp³-hybridized carbons (Fsp3) is 0.333. The molecule has 0 aromatic heterocycles. The smallest absolute Gasteiger partial charge is 0.242 e. The lowest BCUT2D eigenvalue weighted by Gasteiger charge is -2.28. The summed E-state index contributed by atoms with van der Waals surface area (Å²) in [5.74, 6) is 0.900. The first-order valence-corrected chi connectivity index (χ1v) is 11.8. The molecule has 0 saturated heterocycles. The van der Waals surface area contributed by atoms with Gasteiger partial charge in [0, 0.05) is 27.8 Å². The Morgan fingerprint density at radius 2 is 1.79 bits per heavy atom. The third-order valence-corrected chi connectivity index (χ3v) is 6.18. The Bertz CT molecular complexity index is 799. The molecule has 28 heavy (non-hydrogen) atoms. The minimum Gasteiger partial charge on any atom is -0.355 e. The van der Waals surface area contributed by atoms with Crippen molar-refractivity contribution in [3.05, 3.63) is 68.6 Å². The Hall–Kier alpha value is -1.31. The first kappa shape index (κ1) is 23.0. The number of rotatable bonds is 9. The fourth-order valence-electron chi connectivity index (χ4n) is 2.66. The quantitative estimate of drug-likeness (QED) is 0.499. The largest absolute Gasteiger partial charge is 0.355 e. The molecule has 7 heteroatoms. The first-order chi connectivity index (χ1) is 13.4. The number of likely N-dealkylation sites (N-methyl/N-ethyl adjacent to an activating group) is 1. The minimum absolute atomic E-state index is 0.0409. The van der Waals surface area contributed by atoms with Crippen LogP contribution in [0.1, 0.15) is 25.0 Å². The molecular formula is C21H24Br2N2O2S. The monoisotopic (exact) mass is 526 g/mol. The molecular weight excluding hydrogens is 504 g/mol. The van der Waals surface area contributed by atoms with Crippen molar-refractivity contribution >= 4 is 55.4 Å². The van der Waals surface area contributed by atoms with Gasteiger partial charge in [0.2, 0.25) is 11.8 Å². The average molecular weight is 528 g/mol. The number of benzene rings is 2. The topological polar surface area (TPSA) is 49.4 Å². The minimum atomic E-state index is -0.528. The van der Waals surface area contributed by atoms with Crippen LogP contribution in [0.5, 0.6) is 0 Å². The van der Waals surface area contributed by atoms with Crippen molar-refractivity contribution in [2.75, 3.05) is 12.3 Å². The molecule has 0 radical (unpaired) electrons. The lowest BCUT2D eigenvalue weighted by atomic mass is 10.1. The molecule has 0 spiro atoms. The van der Waals surface area contributed by atoms with Crippen LogP contribution in [0.2, 0.25) is 0 Å². The van der Waals surface area contributed by atoms with Gasteiger partial charge in [-0.25, -0.2) is 0 Å². The number of halogens is 2. The molecule has 150 valence electrons. The summed E-state index contributed by atoms with van der Waals surface area (Å²) in [5.41, 5.74) is 2.15. The van der Waals surface area contributed by atoms with E-state index in [0.29, 0.717) is 18.8 Å². The van der Waals surface area contributed by atoms with Crippen molar-refractivity contribution in [1.82, 2.24) is 10.2 Å². The molecule has 2 aromatic rings. The second-order valence-electron chi connectivity index (χ2n) is 6.34. The fourth-order valence-corrected chi connectivity index (χ4v) is 4.24. The lowest BCUT2D eigenvalue weighted by molar-refractivity contribution is -0.138. The zero-order valence-electron chi connectivity index (χ0n) is 16.0. The summed E-state index contributed by atoms with van der Waals surface area (Å²) in [5, 5.41) is 2.81. The van der Waals surface area contributed by atoms with Crippen LogP contribution in [0, 0.1) is 0 Å². The highest BCUT2D eigenvalue weighted by atomic mass is 79.9. The zero-order valence-corrected chi connectivity index (χ0v) is 19.9. The molecule has 0 bridgehead atoms. The van der Waals surface area contributed by atoms with Gasteiger partial charge in [-0.3, -0.25) is 9.59 Å². The molecule has 0 unspecified atom stereocenters. The lowest BCUT2D eigenvalue weighted by Crippen LogP contribution is -2.48. The summed E-state index contributed by atoms with van der Waals surface area (Å²) in [7, 11) is 0. The van der Waals surface area contributed by atoms with Gasteiger partial charge in [0.15, 0.2) is 0 Å². The number of carbonyl (C=O) groups excluding carboxylic acids is 2. The van der Waals surface area contributed by atoms with Gasteiger partial charge in [-0.2, -0.15) is 0 Å². The van der Waals surface area contributed by atoms with Crippen LogP contribution in [0.3, 0.4) is 0 Å². The van der Waals surface area contributed by atoms with Crippen molar-refractivity contribution in [1.29, 1.82) is 0 Å². The van der Waals surface area contributed by atoms with Crippen molar-refractivity contribution in [2.24, 2.45) is 0 Å². The van der Waals surface area contributed by atoms with Gasteiger partial charge in [0.25, 0.3) is 0 Å². The van der Waals surface area contributed by atoms with E-state index in [1.54, 1.807) is 23.6 Å². The van der Waals surface area contributed by atoms with Crippen molar-refractivity contribution < 1.29 is 9.59 Å². The molecule has 2 rings (SSSR count). The number of nitrogens with one attached hydrogen (secondary N) is 1. The summed E-state index contributed by atoms with van der Waals surface area (Å²) < 4.78 is 1.99. The van der Waals surface area contributed by atoms with E-state index in [4.69, 9.17) is 0 Å². The highest BCUT2D eigenvalue weighted by Crippen LogP contribution is 2.19. The van der Waals surface area contributed by atoms with Crippen molar-refractivity contribution in [3.8, 4) is 0 Å². The van der Waals surface area contributed by atoms with Crippen LogP contribution in [-0.4, -0.2) is 35.1 Å². The number of amides is 2. The van der Waals surface area contributed by atoms with Crippen molar-refractivity contribution in [3.63, 3.8) is 0 Å². The Kier molecular flexibility index (Phi) is 9.55. The Labute approximate surface area is 187 Å². The Morgan fingerprint density at radius 1 is 1.07 bits per heavy atom. The van der Waals surface area contributed by atoms with E-state index in [1.807, 2.05) is 55.5 Å². The summed E-state index contributed by atoms with van der Waals surface area (Å²) in [6.45, 7) is 4.59. The summed E-state index contributed by atoms with van der Waals surface area (Å²) in [6, 6.07) is 15.3. The molecule has 0 aliphatic heterocycles. The van der Waals surface area contributed by atoms with Gasteiger partial charge >= 0.3 is 0 Å². The predicted octanol–water partition coefficient (Wildman–Crippen LogP) is 5.00. The number of hydrogen-bond acceptors (Lipinski definition) is 3. The zero-order chi connectivity index (χ0) is 20.5. The molecule has 0 fully saturated rings. The molecule has 0 aliphatic carbocycles. The van der Waals surface area contributed by atoms with E-state index in [0.717, 1.165) is 25.8 Å². The van der Waals surface area contributed by atoms with Crippen LogP contribution in [-0.2, 0) is 21.9 Å². The van der Waals surface area contributed by atoms with Crippen LogP contribution in [0.4, 0.5) is 0 Å². The average Bonchev–Trinajstić information content (AvgIpc) is 2.67. The van der Waals surface area contributed by atoms with Crippen LogP contribution < -0.4 is 5.32 Å². The number of carbonyl (C=O) groups is 2. The number of thioether (sulfide) groups is 1. The summed E-state index contributed by atoms with van der Waals surface area (Å²) >= 11 is 8.45. The van der Waals surface area contributed by atoms with E-state index in [1.165, 1.54) is 0 Å². The van der Waals surface area contributed by atoms with Gasteiger partial charge in [0.1, 0.15) is 6.04 Å². The van der Waals surface area contributed by atoms with Crippen LogP contribution in [0.15, 0.2) is 57.5 Å². The number of nitrogens with zero attached hydrogens (tertiary/aromatic N) is 1. The molecule has 2 aromatic carbocycles. The SMILES string of the molecule is CCNC(=O)[C@@H](C)N(Cc1cccc(Br)c1)C(=O)CSCc1ccc(Br)cc1. The number of hydrogen-bond donors (Lipinski definition) is 1. The maximum atomic E-state index is 12.9. The third-order valence-electron chi connectivity index (χ3n) is 4.17. The first-order valence-electron chi connectivity index (χ1n) is 9.04. The van der Waals surface area contributed by atoms with Crippen molar-refractivity contribution in [2.45, 2.75) is 32.2 Å². The second kappa shape index (κ2) is 11.6. The van der Waals surface area contributed by atoms with Gasteiger partial charge in [0.05, 0.1) is 5.75 Å². The summed E-state index contributed by atoms with van der Waals surface area (Å²) in [6.07, 6.45) is 0. The Balaban J connectivity index is 2.04. The standard InChI is InChI=1S/C21H24Br2N2O2S/c1-3-24-21(27)15(2)25(12-17-5-4-6-19(23)11-17)20(26)14-28-13-16-7-9-18(22)10-8-16/h4-11,15H,3,12-14H2,1-2H3,(H,24,27)/t15-/m1/s1. The molecule has 4 nitrogen and oxygen atoms in total. The van der Waals surface area contributed by atoms with E-state index < -0.39 is 6.04 Å². The van der Waals surface area contributed by atoms with E-state index in [-0.39, 0.29) is 11.8 Å². The maximum absolute atomic E-state index is 12.9. The van der Waals surface area contributed by atoms with Gasteiger partial charge in [-0.15, -0.1) is 11.8 Å². The molecule has 0 heterocycles. The highest BCUT2D eigenvalue weighted by Gasteiger charge is 2.25. The third kappa shape index (κ3) is 7.26. The highest BCUT2D eigenvalue weighted by molar-refractivity contribution is 9.10. The van der Waals surface area contributed by atoms with Gasteiger partial charge in [-0.1, -0.05) is 56.1 Å². The van der Waals surface area contributed by atoms with E-state index in [9.17, 15) is 9.59 Å². The van der Waals surface area contributed by atoms with E-state index in [2.05, 4.69) is 37.2 Å². The molecule has 2 amide bonds. The normalized spacial score (nSPS) is 11.7. The van der Waals surface area contributed by atoms with Gasteiger partial charge < -0.3 is 10.2 Å². The van der Waals surface area contributed by atoms with Crippen LogP contribution in [0.25, 0.3) is 0 Å². The second-order valence-corrected chi connectivity index (χ2v) is 9.16.